The number of fused-ring (bicyclic) bond motifs is 3. The second kappa shape index (κ2) is 13.3. The number of nitrogens with zero attached hydrogens (tertiary/aromatic N) is 4. The number of hydrogen-bond acceptors (Lipinski definition) is 3. The lowest BCUT2D eigenvalue weighted by atomic mass is 9.90. The van der Waals surface area contributed by atoms with E-state index in [0.717, 1.165) is 27.9 Å². The van der Waals surface area contributed by atoms with E-state index in [4.69, 9.17) is 15.0 Å². The zero-order valence-electron chi connectivity index (χ0n) is 31.9. The molecule has 0 N–H and O–H groups in total. The van der Waals surface area contributed by atoms with E-state index < -0.39 is 0 Å². The van der Waals surface area contributed by atoms with Gasteiger partial charge in [-0.1, -0.05) is 170 Å². The largest absolute Gasteiger partial charge is 0.309 e. The Kier molecular flexibility index (Phi) is 7.50. The number of hydrogen-bond donors (Lipinski definition) is 0. The Labute approximate surface area is 341 Å². The molecule has 0 amide bonds. The van der Waals surface area contributed by atoms with Gasteiger partial charge in [-0.05, 0) is 86.3 Å². The van der Waals surface area contributed by atoms with Gasteiger partial charge >= 0.3 is 0 Å². The SMILES string of the molecule is c1ccc(-c2ccc(-c3nc(-c4ccccc4)nc(-c4ccc(-n5c6cccc7c6c6c8c(cccc8c(-c8ccccc8)cc65)-c5ccccc5-7)cc4)n3)cc2)cc1. The molecule has 0 bridgehead atoms. The van der Waals surface area contributed by atoms with E-state index in [1.165, 1.54) is 71.5 Å². The molecule has 4 heteroatoms. The van der Waals surface area contributed by atoms with Crippen LogP contribution in [-0.2, 0) is 0 Å². The van der Waals surface area contributed by atoms with Gasteiger partial charge in [0.2, 0.25) is 0 Å². The molecular formula is C55H34N4. The summed E-state index contributed by atoms with van der Waals surface area (Å²) in [6.45, 7) is 0. The Bertz CT molecular complexity index is 3390. The predicted molar refractivity (Wildman–Crippen MR) is 243 cm³/mol. The molecular weight excluding hydrogens is 717 g/mol. The van der Waals surface area contributed by atoms with Crippen LogP contribution in [-0.4, -0.2) is 19.5 Å². The van der Waals surface area contributed by atoms with Gasteiger partial charge in [-0.2, -0.15) is 0 Å². The summed E-state index contributed by atoms with van der Waals surface area (Å²) in [4.78, 5) is 15.1. The highest BCUT2D eigenvalue weighted by atomic mass is 15.0. The fourth-order valence-electron chi connectivity index (χ4n) is 9.10. The van der Waals surface area contributed by atoms with E-state index in [-0.39, 0.29) is 0 Å². The van der Waals surface area contributed by atoms with Crippen LogP contribution in [0.3, 0.4) is 0 Å². The van der Waals surface area contributed by atoms with Crippen LogP contribution in [0.1, 0.15) is 0 Å². The van der Waals surface area contributed by atoms with Crippen LogP contribution in [0.4, 0.5) is 0 Å². The van der Waals surface area contributed by atoms with Gasteiger partial charge in [-0.3, -0.25) is 0 Å². The Morgan fingerprint density at radius 2 is 0.712 bits per heavy atom. The molecule has 2 heterocycles. The average molecular weight is 751 g/mol. The zero-order valence-corrected chi connectivity index (χ0v) is 31.9. The highest BCUT2D eigenvalue weighted by Gasteiger charge is 2.26. The summed E-state index contributed by atoms with van der Waals surface area (Å²) >= 11 is 0. The van der Waals surface area contributed by atoms with Crippen molar-refractivity contribution < 1.29 is 0 Å². The van der Waals surface area contributed by atoms with Crippen LogP contribution >= 0.6 is 0 Å². The Morgan fingerprint density at radius 1 is 0.271 bits per heavy atom. The van der Waals surface area contributed by atoms with Crippen molar-refractivity contribution in [2.24, 2.45) is 0 Å². The van der Waals surface area contributed by atoms with Crippen molar-refractivity contribution in [2.75, 3.05) is 0 Å². The van der Waals surface area contributed by atoms with Crippen molar-refractivity contribution in [3.05, 3.63) is 206 Å². The Balaban J connectivity index is 1.05. The fourth-order valence-corrected chi connectivity index (χ4v) is 9.10. The second-order valence-corrected chi connectivity index (χ2v) is 15.2. The van der Waals surface area contributed by atoms with E-state index in [2.05, 4.69) is 174 Å². The van der Waals surface area contributed by atoms with E-state index in [1.807, 2.05) is 36.4 Å². The molecule has 59 heavy (non-hydrogen) atoms. The molecule has 0 spiro atoms. The van der Waals surface area contributed by atoms with Gasteiger partial charge in [0.25, 0.3) is 0 Å². The number of rotatable bonds is 6. The first-order valence-corrected chi connectivity index (χ1v) is 20.0. The first-order chi connectivity index (χ1) is 29.3. The minimum absolute atomic E-state index is 0.630. The molecule has 0 radical (unpaired) electrons. The molecule has 2 aromatic heterocycles. The highest BCUT2D eigenvalue weighted by Crippen LogP contribution is 2.51. The average Bonchev–Trinajstić information content (AvgIpc) is 3.59. The molecule has 0 saturated heterocycles. The van der Waals surface area contributed by atoms with Gasteiger partial charge in [0.15, 0.2) is 17.5 Å². The first kappa shape index (κ1) is 33.2. The molecule has 0 atom stereocenters. The fraction of sp³-hybridized carbons (Fsp3) is 0. The van der Waals surface area contributed by atoms with Gasteiger partial charge in [0, 0.05) is 38.5 Å². The molecule has 274 valence electrons. The van der Waals surface area contributed by atoms with Crippen molar-refractivity contribution in [1.29, 1.82) is 0 Å². The third-order valence-electron chi connectivity index (χ3n) is 11.8. The molecule has 0 fully saturated rings. The van der Waals surface area contributed by atoms with Gasteiger partial charge in [-0.15, -0.1) is 0 Å². The van der Waals surface area contributed by atoms with Crippen molar-refractivity contribution in [1.82, 2.24) is 19.5 Å². The topological polar surface area (TPSA) is 43.6 Å². The molecule has 4 nitrogen and oxygen atoms in total. The molecule has 0 aliphatic heterocycles. The molecule has 1 aliphatic rings. The molecule has 1 aliphatic carbocycles. The van der Waals surface area contributed by atoms with E-state index in [0.29, 0.717) is 17.5 Å². The number of benzene rings is 9. The minimum atomic E-state index is 0.630. The zero-order chi connectivity index (χ0) is 38.9. The van der Waals surface area contributed by atoms with Crippen molar-refractivity contribution in [3.8, 4) is 84.4 Å². The van der Waals surface area contributed by atoms with E-state index in [1.54, 1.807) is 0 Å². The van der Waals surface area contributed by atoms with Gasteiger partial charge < -0.3 is 4.57 Å². The van der Waals surface area contributed by atoms with Gasteiger partial charge in [-0.25, -0.2) is 15.0 Å². The lowest BCUT2D eigenvalue weighted by Crippen LogP contribution is -2.00. The molecule has 12 rings (SSSR count). The van der Waals surface area contributed by atoms with Crippen LogP contribution < -0.4 is 0 Å². The highest BCUT2D eigenvalue weighted by molar-refractivity contribution is 6.32. The Morgan fingerprint density at radius 3 is 1.32 bits per heavy atom. The van der Waals surface area contributed by atoms with Crippen LogP contribution in [0.5, 0.6) is 0 Å². The summed E-state index contributed by atoms with van der Waals surface area (Å²) in [7, 11) is 0. The maximum atomic E-state index is 5.09. The maximum absolute atomic E-state index is 5.09. The number of aromatic nitrogens is 4. The summed E-state index contributed by atoms with van der Waals surface area (Å²) in [5.41, 5.74) is 16.0. The van der Waals surface area contributed by atoms with Crippen LogP contribution in [0.2, 0.25) is 0 Å². The molecule has 0 saturated carbocycles. The van der Waals surface area contributed by atoms with Crippen LogP contribution in [0, 0.1) is 0 Å². The summed E-state index contributed by atoms with van der Waals surface area (Å²) in [5.74, 6) is 1.91. The predicted octanol–water partition coefficient (Wildman–Crippen LogP) is 14.1. The summed E-state index contributed by atoms with van der Waals surface area (Å²) < 4.78 is 2.44. The normalized spacial score (nSPS) is 11.7. The van der Waals surface area contributed by atoms with E-state index >= 15 is 0 Å². The standard InChI is InChI=1S/C55H34N4/c1-4-14-35(15-5-1)36-26-28-39(29-27-36)54-56-53(38-18-8-3-9-19-38)57-55(58-54)40-30-32-41(33-31-40)59-48-25-13-24-45-43-21-11-10-20-42(43)44-22-12-23-46-47(37-16-6-2-7-17-37)34-49(59)52(50(44)46)51(45)48/h1-34H. The summed E-state index contributed by atoms with van der Waals surface area (Å²) in [6, 6.07) is 73.4. The minimum Gasteiger partial charge on any atom is -0.309 e. The maximum Gasteiger partial charge on any atom is 0.164 e. The van der Waals surface area contributed by atoms with Crippen molar-refractivity contribution in [2.45, 2.75) is 0 Å². The molecule has 9 aromatic carbocycles. The van der Waals surface area contributed by atoms with Crippen molar-refractivity contribution in [3.63, 3.8) is 0 Å². The van der Waals surface area contributed by atoms with E-state index in [9.17, 15) is 0 Å². The third kappa shape index (κ3) is 5.34. The molecule has 0 unspecified atom stereocenters. The lowest BCUT2D eigenvalue weighted by Gasteiger charge is -2.16. The third-order valence-corrected chi connectivity index (χ3v) is 11.8. The second-order valence-electron chi connectivity index (χ2n) is 15.2. The smallest absolute Gasteiger partial charge is 0.164 e. The quantitative estimate of drug-likeness (QED) is 0.170. The van der Waals surface area contributed by atoms with Crippen LogP contribution in [0.25, 0.3) is 117 Å². The molecule has 11 aromatic rings. The van der Waals surface area contributed by atoms with Gasteiger partial charge in [0.05, 0.1) is 11.0 Å². The van der Waals surface area contributed by atoms with Crippen LogP contribution in [0.15, 0.2) is 206 Å². The first-order valence-electron chi connectivity index (χ1n) is 20.0. The summed E-state index contributed by atoms with van der Waals surface area (Å²) in [6.07, 6.45) is 0. The van der Waals surface area contributed by atoms with Crippen molar-refractivity contribution >= 4 is 32.6 Å². The van der Waals surface area contributed by atoms with Gasteiger partial charge in [0.1, 0.15) is 0 Å². The summed E-state index contributed by atoms with van der Waals surface area (Å²) in [5, 5.41) is 5.12. The lowest BCUT2D eigenvalue weighted by molar-refractivity contribution is 1.07. The Hall–Kier alpha value is -7.95. The monoisotopic (exact) mass is 750 g/mol.